The summed E-state index contributed by atoms with van der Waals surface area (Å²) in [5.41, 5.74) is 11.4. The molecule has 5 nitrogen and oxygen atoms in total. The third-order valence-electron chi connectivity index (χ3n) is 5.64. The van der Waals surface area contributed by atoms with E-state index in [1.54, 1.807) is 25.6 Å². The Morgan fingerprint density at radius 3 is 2.13 bits per heavy atom. The lowest BCUT2D eigenvalue weighted by molar-refractivity contribution is 0.0971. The van der Waals surface area contributed by atoms with E-state index in [9.17, 15) is 4.79 Å². The number of thiazole rings is 1. The number of benzene rings is 2. The van der Waals surface area contributed by atoms with Crippen molar-refractivity contribution in [3.05, 3.63) is 58.8 Å². The normalized spacial score (nSPS) is 14.4. The van der Waals surface area contributed by atoms with Gasteiger partial charge in [0.2, 0.25) is 0 Å². The number of Topliss-reactive ketones (excluding diaryl/α,β-unsaturated/α-hetero) is 1. The summed E-state index contributed by atoms with van der Waals surface area (Å²) in [6.45, 7) is 0. The molecule has 6 heteroatoms. The number of ether oxygens (including phenoxy) is 2. The number of fused-ring (bicyclic) bond motifs is 4. The van der Waals surface area contributed by atoms with Gasteiger partial charge in [-0.3, -0.25) is 4.79 Å². The number of nitrogen functional groups attached to an aromatic ring is 1. The summed E-state index contributed by atoms with van der Waals surface area (Å²) >= 11 is 1.58. The predicted molar refractivity (Wildman–Crippen MR) is 121 cm³/mol. The van der Waals surface area contributed by atoms with E-state index in [0.717, 1.165) is 60.4 Å². The Hall–Kier alpha value is -2.86. The Morgan fingerprint density at radius 1 is 0.867 bits per heavy atom. The maximum absolute atomic E-state index is 11.5. The van der Waals surface area contributed by atoms with E-state index in [1.807, 2.05) is 30.3 Å². The molecule has 0 radical (unpaired) electrons. The van der Waals surface area contributed by atoms with Crippen LogP contribution in [0.25, 0.3) is 10.4 Å². The highest BCUT2D eigenvalue weighted by Gasteiger charge is 2.21. The number of anilines is 1. The van der Waals surface area contributed by atoms with Gasteiger partial charge in [-0.15, -0.1) is 0 Å². The number of aromatic nitrogens is 1. The summed E-state index contributed by atoms with van der Waals surface area (Å²) in [6, 6.07) is 11.9. The van der Waals surface area contributed by atoms with E-state index >= 15 is 0 Å². The molecule has 3 aromatic rings. The molecule has 5 rings (SSSR count). The summed E-state index contributed by atoms with van der Waals surface area (Å²) in [5, 5.41) is 0.658. The smallest absolute Gasteiger partial charge is 0.180 e. The van der Waals surface area contributed by atoms with Gasteiger partial charge in [-0.25, -0.2) is 4.98 Å². The largest absolute Gasteiger partial charge is 0.496 e. The van der Waals surface area contributed by atoms with Gasteiger partial charge in [-0.05, 0) is 44.2 Å². The van der Waals surface area contributed by atoms with Gasteiger partial charge in [0.25, 0.3) is 0 Å². The molecule has 0 aliphatic heterocycles. The average Bonchev–Trinajstić information content (AvgIpc) is 3.05. The van der Waals surface area contributed by atoms with E-state index in [2.05, 4.69) is 11.1 Å². The van der Waals surface area contributed by atoms with E-state index in [4.69, 9.17) is 15.2 Å². The van der Waals surface area contributed by atoms with Crippen molar-refractivity contribution in [1.82, 2.24) is 4.98 Å². The summed E-state index contributed by atoms with van der Waals surface area (Å²) in [7, 11) is 3.37. The Kier molecular flexibility index (Phi) is 6.04. The molecular formula is C24H26N2O3S. The molecule has 30 heavy (non-hydrogen) atoms. The fourth-order valence-electron chi connectivity index (χ4n) is 4.25. The lowest BCUT2D eigenvalue weighted by atomic mass is 9.90. The van der Waals surface area contributed by atoms with Crippen LogP contribution in [0.15, 0.2) is 36.4 Å². The van der Waals surface area contributed by atoms with Crippen molar-refractivity contribution in [2.24, 2.45) is 0 Å². The Morgan fingerprint density at radius 2 is 1.47 bits per heavy atom. The number of methoxy groups -OCH3 is 2. The Balaban J connectivity index is 0.000000151. The number of carbonyl (C=O) groups is 1. The number of nitrogens with zero attached hydrogens (tertiary/aromatic N) is 1. The minimum absolute atomic E-state index is 0.250. The summed E-state index contributed by atoms with van der Waals surface area (Å²) in [4.78, 5) is 17.1. The predicted octanol–water partition coefficient (Wildman–Crippen LogP) is 5.10. The standard InChI is InChI=1S/C13H14N2OS.C11H12O2/c1-16-11-7-3-5-9-8(11)4-2-6-10-12(9)17-13(14)15-10;1-13-11-7-3-4-8-9(11)5-2-6-10(8)12/h3,5,7H,2,4,6H2,1H3,(H2,14,15);3-4,7H,2,5-6H2,1H3. The fraction of sp³-hybridized carbons (Fsp3) is 0.333. The zero-order chi connectivity index (χ0) is 21.1. The first kappa shape index (κ1) is 20.4. The zero-order valence-corrected chi connectivity index (χ0v) is 18.2. The first-order valence-electron chi connectivity index (χ1n) is 10.2. The number of nitrogens with two attached hydrogens (primary N) is 1. The van der Waals surface area contributed by atoms with Crippen LogP contribution in [-0.2, 0) is 19.3 Å². The van der Waals surface area contributed by atoms with Gasteiger partial charge in [0.1, 0.15) is 11.5 Å². The van der Waals surface area contributed by atoms with Gasteiger partial charge in [0.15, 0.2) is 10.9 Å². The van der Waals surface area contributed by atoms with Crippen molar-refractivity contribution in [2.75, 3.05) is 20.0 Å². The van der Waals surface area contributed by atoms with Crippen LogP contribution in [0, 0.1) is 0 Å². The SMILES string of the molecule is COc1cccc2c1CCCC2=O.COc1cccc2c1CCCc1nc(N)sc1-2. The highest BCUT2D eigenvalue weighted by Crippen LogP contribution is 2.40. The quantitative estimate of drug-likeness (QED) is 0.622. The second-order valence-electron chi connectivity index (χ2n) is 7.43. The third kappa shape index (κ3) is 3.92. The average molecular weight is 423 g/mol. The Bertz CT molecular complexity index is 1070. The van der Waals surface area contributed by atoms with E-state index in [1.165, 1.54) is 16.0 Å². The van der Waals surface area contributed by atoms with Crippen LogP contribution in [0.5, 0.6) is 11.5 Å². The molecule has 0 amide bonds. The number of carbonyl (C=O) groups excluding carboxylic acids is 1. The van der Waals surface area contributed by atoms with Crippen molar-refractivity contribution < 1.29 is 14.3 Å². The highest BCUT2D eigenvalue weighted by molar-refractivity contribution is 7.18. The molecule has 2 N–H and O–H groups in total. The molecule has 0 unspecified atom stereocenters. The molecule has 1 aromatic heterocycles. The second kappa shape index (κ2) is 8.88. The summed E-state index contributed by atoms with van der Waals surface area (Å²) in [6.07, 6.45) is 5.74. The van der Waals surface area contributed by atoms with Crippen molar-refractivity contribution >= 4 is 22.3 Å². The van der Waals surface area contributed by atoms with Crippen LogP contribution in [0.4, 0.5) is 5.13 Å². The van der Waals surface area contributed by atoms with Crippen LogP contribution >= 0.6 is 11.3 Å². The van der Waals surface area contributed by atoms with Crippen LogP contribution < -0.4 is 15.2 Å². The molecule has 2 aliphatic carbocycles. The first-order chi connectivity index (χ1) is 14.6. The first-order valence-corrected chi connectivity index (χ1v) is 11.0. The number of aryl methyl sites for hydroxylation is 1. The van der Waals surface area contributed by atoms with Gasteiger partial charge in [0.05, 0.1) is 24.8 Å². The molecule has 156 valence electrons. The van der Waals surface area contributed by atoms with Crippen LogP contribution in [0.1, 0.15) is 46.4 Å². The maximum atomic E-state index is 11.5. The van der Waals surface area contributed by atoms with Crippen LogP contribution in [0.3, 0.4) is 0 Å². The van der Waals surface area contributed by atoms with Gasteiger partial charge in [-0.2, -0.15) is 0 Å². The van der Waals surface area contributed by atoms with Crippen LogP contribution in [0.2, 0.25) is 0 Å². The summed E-state index contributed by atoms with van der Waals surface area (Å²) < 4.78 is 10.7. The summed E-state index contributed by atoms with van der Waals surface area (Å²) in [5.74, 6) is 2.08. The minimum atomic E-state index is 0.250. The molecule has 0 atom stereocenters. The molecule has 0 saturated heterocycles. The van der Waals surface area contributed by atoms with Crippen molar-refractivity contribution in [3.8, 4) is 21.9 Å². The molecule has 1 heterocycles. The van der Waals surface area contributed by atoms with Crippen molar-refractivity contribution in [3.63, 3.8) is 0 Å². The lowest BCUT2D eigenvalue weighted by Crippen LogP contribution is -2.11. The van der Waals surface area contributed by atoms with Gasteiger partial charge < -0.3 is 15.2 Å². The van der Waals surface area contributed by atoms with E-state index in [0.29, 0.717) is 11.6 Å². The second-order valence-corrected chi connectivity index (χ2v) is 8.46. The molecule has 0 bridgehead atoms. The molecule has 0 spiro atoms. The van der Waals surface area contributed by atoms with Gasteiger partial charge in [0, 0.05) is 28.7 Å². The topological polar surface area (TPSA) is 74.4 Å². The number of rotatable bonds is 2. The number of ketones is 1. The van der Waals surface area contributed by atoms with Crippen LogP contribution in [-0.4, -0.2) is 25.0 Å². The number of hydrogen-bond acceptors (Lipinski definition) is 6. The molecule has 2 aliphatic rings. The van der Waals surface area contributed by atoms with Crippen molar-refractivity contribution in [1.29, 1.82) is 0 Å². The molecular weight excluding hydrogens is 396 g/mol. The molecule has 0 fully saturated rings. The Labute approximate surface area is 180 Å². The maximum Gasteiger partial charge on any atom is 0.180 e. The zero-order valence-electron chi connectivity index (χ0n) is 17.4. The lowest BCUT2D eigenvalue weighted by Gasteiger charge is -2.16. The van der Waals surface area contributed by atoms with Gasteiger partial charge >= 0.3 is 0 Å². The molecule has 2 aromatic carbocycles. The monoisotopic (exact) mass is 422 g/mol. The molecule has 0 saturated carbocycles. The van der Waals surface area contributed by atoms with E-state index in [-0.39, 0.29) is 5.78 Å². The minimum Gasteiger partial charge on any atom is -0.496 e. The van der Waals surface area contributed by atoms with Crippen molar-refractivity contribution in [2.45, 2.75) is 38.5 Å². The van der Waals surface area contributed by atoms with E-state index < -0.39 is 0 Å². The van der Waals surface area contributed by atoms with Gasteiger partial charge in [-0.1, -0.05) is 35.6 Å². The highest BCUT2D eigenvalue weighted by atomic mass is 32.1. The fourth-order valence-corrected chi connectivity index (χ4v) is 5.18. The number of hydrogen-bond donors (Lipinski definition) is 1. The third-order valence-corrected chi connectivity index (χ3v) is 6.60.